The van der Waals surface area contributed by atoms with Gasteiger partial charge in [-0.25, -0.2) is 4.79 Å². The molecule has 0 atom stereocenters. The Labute approximate surface area is 89.1 Å². The van der Waals surface area contributed by atoms with Crippen molar-refractivity contribution in [1.29, 1.82) is 0 Å². The number of aromatic nitrogens is 2. The van der Waals surface area contributed by atoms with E-state index in [0.717, 1.165) is 36.2 Å². The fourth-order valence-electron chi connectivity index (χ4n) is 2.08. The normalized spacial score (nSPS) is 15.7. The Morgan fingerprint density at radius 1 is 1.47 bits per heavy atom. The van der Waals surface area contributed by atoms with Crippen molar-refractivity contribution in [3.05, 3.63) is 27.4 Å². The molecule has 0 aliphatic heterocycles. The van der Waals surface area contributed by atoms with Gasteiger partial charge in [0, 0.05) is 17.4 Å². The van der Waals surface area contributed by atoms with Crippen LogP contribution in [0.2, 0.25) is 0 Å². The highest BCUT2D eigenvalue weighted by atomic mass is 16.1. The highest BCUT2D eigenvalue weighted by molar-refractivity contribution is 5.25. The quantitative estimate of drug-likeness (QED) is 0.793. The summed E-state index contributed by atoms with van der Waals surface area (Å²) in [5, 5.41) is 0. The summed E-state index contributed by atoms with van der Waals surface area (Å²) in [5.41, 5.74) is 8.49. The first-order chi connectivity index (χ1) is 7.15. The van der Waals surface area contributed by atoms with Crippen LogP contribution in [0.5, 0.6) is 0 Å². The molecule has 2 N–H and O–H groups in total. The van der Waals surface area contributed by atoms with Crippen molar-refractivity contribution in [3.63, 3.8) is 0 Å². The molecule has 1 aromatic heterocycles. The Morgan fingerprint density at radius 3 is 2.67 bits per heavy atom. The molecule has 1 aromatic rings. The number of nitrogens with two attached hydrogens (primary N) is 1. The van der Waals surface area contributed by atoms with Gasteiger partial charge in [0.1, 0.15) is 0 Å². The van der Waals surface area contributed by atoms with Gasteiger partial charge in [0.2, 0.25) is 0 Å². The van der Waals surface area contributed by atoms with Crippen LogP contribution in [0.25, 0.3) is 0 Å². The van der Waals surface area contributed by atoms with Gasteiger partial charge in [-0.05, 0) is 45.2 Å². The van der Waals surface area contributed by atoms with Crippen molar-refractivity contribution in [2.75, 3.05) is 6.54 Å². The van der Waals surface area contributed by atoms with Crippen LogP contribution < -0.4 is 11.4 Å². The van der Waals surface area contributed by atoms with Crippen LogP contribution in [-0.2, 0) is 6.42 Å². The van der Waals surface area contributed by atoms with E-state index in [1.807, 2.05) is 18.4 Å². The van der Waals surface area contributed by atoms with E-state index in [-0.39, 0.29) is 5.69 Å². The van der Waals surface area contributed by atoms with Gasteiger partial charge in [-0.15, -0.1) is 0 Å². The number of nitrogens with zero attached hydrogens (tertiary/aromatic N) is 2. The summed E-state index contributed by atoms with van der Waals surface area (Å²) < 4.78 is 1.83. The van der Waals surface area contributed by atoms with E-state index in [1.54, 1.807) is 0 Å². The van der Waals surface area contributed by atoms with Gasteiger partial charge < -0.3 is 5.73 Å². The maximum atomic E-state index is 11.7. The minimum absolute atomic E-state index is 0.103. The van der Waals surface area contributed by atoms with Gasteiger partial charge in [0.25, 0.3) is 0 Å². The first-order valence-electron chi connectivity index (χ1n) is 5.44. The second-order valence-electron chi connectivity index (χ2n) is 4.18. The Morgan fingerprint density at radius 2 is 2.13 bits per heavy atom. The minimum atomic E-state index is -0.103. The van der Waals surface area contributed by atoms with Crippen molar-refractivity contribution in [3.8, 4) is 0 Å². The van der Waals surface area contributed by atoms with E-state index in [2.05, 4.69) is 4.98 Å². The van der Waals surface area contributed by atoms with Crippen LogP contribution >= 0.6 is 0 Å². The van der Waals surface area contributed by atoms with E-state index in [1.165, 1.54) is 0 Å². The molecule has 4 nitrogen and oxygen atoms in total. The standard InChI is InChI=1S/C11H17N3O/c1-7-10(5-6-12)8(2)14(9-3-4-9)11(15)13-7/h9H,3-6,12H2,1-2H3. The Bertz CT molecular complexity index is 432. The van der Waals surface area contributed by atoms with Crippen LogP contribution in [0.3, 0.4) is 0 Å². The summed E-state index contributed by atoms with van der Waals surface area (Å²) in [6, 6.07) is 0.391. The van der Waals surface area contributed by atoms with Crippen LogP contribution in [-0.4, -0.2) is 16.1 Å². The first kappa shape index (κ1) is 10.4. The SMILES string of the molecule is Cc1nc(=O)n(C2CC2)c(C)c1CCN. The third kappa shape index (κ3) is 1.81. The molecule has 1 fully saturated rings. The maximum Gasteiger partial charge on any atom is 0.348 e. The highest BCUT2D eigenvalue weighted by Crippen LogP contribution is 2.34. The molecule has 0 aromatic carbocycles. The molecule has 1 aliphatic carbocycles. The molecule has 0 spiro atoms. The van der Waals surface area contributed by atoms with Gasteiger partial charge in [-0.2, -0.15) is 4.98 Å². The number of hydrogen-bond acceptors (Lipinski definition) is 3. The average molecular weight is 207 g/mol. The van der Waals surface area contributed by atoms with Gasteiger partial charge in [-0.1, -0.05) is 0 Å². The summed E-state index contributed by atoms with van der Waals surface area (Å²) in [6.07, 6.45) is 3.01. The first-order valence-corrected chi connectivity index (χ1v) is 5.44. The number of hydrogen-bond donors (Lipinski definition) is 1. The molecule has 0 unspecified atom stereocenters. The summed E-state index contributed by atoms with van der Waals surface area (Å²) >= 11 is 0. The molecular weight excluding hydrogens is 190 g/mol. The lowest BCUT2D eigenvalue weighted by Crippen LogP contribution is -2.27. The second kappa shape index (κ2) is 3.77. The monoisotopic (exact) mass is 207 g/mol. The lowest BCUT2D eigenvalue weighted by molar-refractivity contribution is 0.639. The molecule has 0 saturated heterocycles. The van der Waals surface area contributed by atoms with E-state index in [9.17, 15) is 4.79 Å². The topological polar surface area (TPSA) is 60.9 Å². The molecule has 1 heterocycles. The van der Waals surface area contributed by atoms with Crippen molar-refractivity contribution in [1.82, 2.24) is 9.55 Å². The second-order valence-corrected chi connectivity index (χ2v) is 4.18. The van der Waals surface area contributed by atoms with Crippen molar-refractivity contribution in [2.24, 2.45) is 5.73 Å². The third-order valence-corrected chi connectivity index (χ3v) is 3.01. The third-order valence-electron chi connectivity index (χ3n) is 3.01. The molecule has 4 heteroatoms. The smallest absolute Gasteiger partial charge is 0.330 e. The van der Waals surface area contributed by atoms with Gasteiger partial charge in [-0.3, -0.25) is 4.57 Å². The van der Waals surface area contributed by atoms with Crippen LogP contribution in [0.1, 0.15) is 35.8 Å². The largest absolute Gasteiger partial charge is 0.348 e. The fraction of sp³-hybridized carbons (Fsp3) is 0.636. The number of rotatable bonds is 3. The zero-order chi connectivity index (χ0) is 11.0. The summed E-state index contributed by atoms with van der Waals surface area (Å²) in [7, 11) is 0. The predicted molar refractivity (Wildman–Crippen MR) is 59.0 cm³/mol. The van der Waals surface area contributed by atoms with Crippen LogP contribution in [0.15, 0.2) is 4.79 Å². The van der Waals surface area contributed by atoms with Gasteiger partial charge in [0.05, 0.1) is 0 Å². The van der Waals surface area contributed by atoms with E-state index >= 15 is 0 Å². The summed E-state index contributed by atoms with van der Waals surface area (Å²) in [4.78, 5) is 15.8. The van der Waals surface area contributed by atoms with E-state index in [4.69, 9.17) is 5.73 Å². The summed E-state index contributed by atoms with van der Waals surface area (Å²) in [6.45, 7) is 4.49. The molecule has 82 valence electrons. The van der Waals surface area contributed by atoms with Crippen LogP contribution in [0, 0.1) is 13.8 Å². The van der Waals surface area contributed by atoms with E-state index in [0.29, 0.717) is 12.6 Å². The Hall–Kier alpha value is -1.16. The maximum absolute atomic E-state index is 11.7. The molecule has 0 amide bonds. The Kier molecular flexibility index (Phi) is 2.61. The summed E-state index contributed by atoms with van der Waals surface area (Å²) in [5.74, 6) is 0. The fourth-order valence-corrected chi connectivity index (χ4v) is 2.08. The van der Waals surface area contributed by atoms with Crippen molar-refractivity contribution >= 4 is 0 Å². The Balaban J connectivity index is 2.55. The minimum Gasteiger partial charge on any atom is -0.330 e. The number of aryl methyl sites for hydroxylation is 1. The van der Waals surface area contributed by atoms with Gasteiger partial charge in [0.15, 0.2) is 0 Å². The molecule has 1 aliphatic rings. The van der Waals surface area contributed by atoms with Gasteiger partial charge >= 0.3 is 5.69 Å². The van der Waals surface area contributed by atoms with Crippen molar-refractivity contribution in [2.45, 2.75) is 39.2 Å². The average Bonchev–Trinajstić information content (AvgIpc) is 2.96. The lowest BCUT2D eigenvalue weighted by Gasteiger charge is -2.14. The molecule has 15 heavy (non-hydrogen) atoms. The molecule has 0 radical (unpaired) electrons. The molecule has 0 bridgehead atoms. The lowest BCUT2D eigenvalue weighted by atomic mass is 10.1. The van der Waals surface area contributed by atoms with Crippen LogP contribution in [0.4, 0.5) is 0 Å². The van der Waals surface area contributed by atoms with E-state index < -0.39 is 0 Å². The molecular formula is C11H17N3O. The van der Waals surface area contributed by atoms with Crippen molar-refractivity contribution < 1.29 is 0 Å². The highest BCUT2D eigenvalue weighted by Gasteiger charge is 2.27. The predicted octanol–water partition coefficient (Wildman–Crippen LogP) is 0.696. The molecule has 1 saturated carbocycles. The zero-order valence-corrected chi connectivity index (χ0v) is 9.29. The molecule has 2 rings (SSSR count). The zero-order valence-electron chi connectivity index (χ0n) is 9.29.